The average Bonchev–Trinajstić information content (AvgIpc) is 2.54. The van der Waals surface area contributed by atoms with Crippen LogP contribution in [0.4, 0.5) is 0 Å². The highest BCUT2D eigenvalue weighted by Crippen LogP contribution is 2.37. The van der Waals surface area contributed by atoms with Crippen LogP contribution >= 0.6 is 11.8 Å². The van der Waals surface area contributed by atoms with Crippen molar-refractivity contribution in [2.24, 2.45) is 5.41 Å². The molecule has 0 aliphatic rings. The molecule has 0 spiro atoms. The van der Waals surface area contributed by atoms with Crippen LogP contribution in [0.3, 0.4) is 0 Å². The molecule has 1 heteroatoms. The molecular weight excluding hydrogens is 344 g/mol. The maximum atomic E-state index is 2.34. The molecule has 0 heterocycles. The van der Waals surface area contributed by atoms with Gasteiger partial charge in [0.05, 0.1) is 0 Å². The van der Waals surface area contributed by atoms with Gasteiger partial charge < -0.3 is 0 Å². The Morgan fingerprint density at radius 1 is 0.852 bits per heavy atom. The molecule has 1 aromatic rings. The lowest BCUT2D eigenvalue weighted by atomic mass is 9.76. The molecule has 0 nitrogen and oxygen atoms in total. The number of thioether (sulfide) groups is 1. The van der Waals surface area contributed by atoms with E-state index in [9.17, 15) is 0 Å². The zero-order valence-electron chi connectivity index (χ0n) is 19.9. The van der Waals surface area contributed by atoms with Crippen molar-refractivity contribution in [1.29, 1.82) is 0 Å². The first kappa shape index (κ1) is 26.1. The Labute approximate surface area is 174 Å². The monoisotopic (exact) mass is 388 g/mol. The number of benzene rings is 1. The van der Waals surface area contributed by atoms with E-state index in [0.717, 1.165) is 12.8 Å². The molecular formula is C26H44S. The van der Waals surface area contributed by atoms with Gasteiger partial charge in [0.25, 0.3) is 0 Å². The fraction of sp³-hybridized carbons (Fsp3) is 0.615. The third-order valence-electron chi connectivity index (χ3n) is 4.39. The molecule has 0 amide bonds. The van der Waals surface area contributed by atoms with E-state index in [1.165, 1.54) is 16.0 Å². The van der Waals surface area contributed by atoms with Gasteiger partial charge in [-0.05, 0) is 42.9 Å². The highest BCUT2D eigenvalue weighted by Gasteiger charge is 2.24. The summed E-state index contributed by atoms with van der Waals surface area (Å²) in [6, 6.07) is 9.15. The molecule has 154 valence electrons. The van der Waals surface area contributed by atoms with E-state index in [1.54, 1.807) is 0 Å². The van der Waals surface area contributed by atoms with E-state index in [4.69, 9.17) is 0 Å². The Balaban J connectivity index is 0.00000326. The minimum Gasteiger partial charge on any atom is -0.120 e. The normalized spacial score (nSPS) is 13.5. The molecule has 0 N–H and O–H groups in total. The van der Waals surface area contributed by atoms with Crippen molar-refractivity contribution in [3.8, 4) is 0 Å². The smallest absolute Gasteiger partial charge is 0.0122 e. The summed E-state index contributed by atoms with van der Waals surface area (Å²) in [5, 5.41) is 0. The van der Waals surface area contributed by atoms with Gasteiger partial charge in [-0.3, -0.25) is 0 Å². The summed E-state index contributed by atoms with van der Waals surface area (Å²) in [5.41, 5.74) is 3.30. The highest BCUT2D eigenvalue weighted by atomic mass is 32.2. The first-order valence-electron chi connectivity index (χ1n) is 10.5. The molecule has 1 aromatic carbocycles. The Kier molecular flexibility index (Phi) is 10.8. The molecule has 27 heavy (non-hydrogen) atoms. The van der Waals surface area contributed by atoms with E-state index < -0.39 is 0 Å². The maximum absolute atomic E-state index is 2.34. The van der Waals surface area contributed by atoms with Crippen molar-refractivity contribution in [3.05, 3.63) is 53.6 Å². The molecule has 1 rings (SSSR count). The van der Waals surface area contributed by atoms with Crippen molar-refractivity contribution >= 4 is 11.8 Å². The van der Waals surface area contributed by atoms with Gasteiger partial charge >= 0.3 is 0 Å². The summed E-state index contributed by atoms with van der Waals surface area (Å²) < 4.78 is 0.253. The molecule has 0 atom stereocenters. The van der Waals surface area contributed by atoms with Crippen molar-refractivity contribution < 1.29 is 0 Å². The van der Waals surface area contributed by atoms with Crippen LogP contribution in [0.25, 0.3) is 0 Å². The molecule has 0 saturated heterocycles. The van der Waals surface area contributed by atoms with Gasteiger partial charge in [0.1, 0.15) is 0 Å². The predicted octanol–water partition coefficient (Wildman–Crippen LogP) is 9.21. The van der Waals surface area contributed by atoms with E-state index in [-0.39, 0.29) is 10.2 Å². The lowest BCUT2D eigenvalue weighted by Crippen LogP contribution is -2.20. The number of allylic oxidation sites excluding steroid dienone is 4. The van der Waals surface area contributed by atoms with Crippen LogP contribution in [-0.4, -0.2) is 4.75 Å². The van der Waals surface area contributed by atoms with Crippen LogP contribution in [0.15, 0.2) is 53.0 Å². The van der Waals surface area contributed by atoms with E-state index in [1.807, 2.05) is 25.6 Å². The van der Waals surface area contributed by atoms with Crippen LogP contribution in [0, 0.1) is 5.41 Å². The minimum absolute atomic E-state index is 0.0613. The average molecular weight is 389 g/mol. The second kappa shape index (κ2) is 11.1. The molecule has 0 saturated carbocycles. The Hall–Kier alpha value is -0.950. The lowest BCUT2D eigenvalue weighted by Gasteiger charge is -2.29. The fourth-order valence-corrected chi connectivity index (χ4v) is 3.84. The zero-order chi connectivity index (χ0) is 21.3. The van der Waals surface area contributed by atoms with E-state index in [0.29, 0.717) is 5.41 Å². The highest BCUT2D eigenvalue weighted by molar-refractivity contribution is 8.00. The quantitative estimate of drug-likeness (QED) is 0.345. The molecule has 0 radical (unpaired) electrons. The van der Waals surface area contributed by atoms with Gasteiger partial charge in [0.2, 0.25) is 0 Å². The topological polar surface area (TPSA) is 0 Å². The molecule has 0 unspecified atom stereocenters. The minimum atomic E-state index is 0.0613. The van der Waals surface area contributed by atoms with Gasteiger partial charge in [0, 0.05) is 15.1 Å². The molecule has 0 aliphatic carbocycles. The fourth-order valence-electron chi connectivity index (χ4n) is 2.86. The number of hydrogen-bond acceptors (Lipinski definition) is 1. The van der Waals surface area contributed by atoms with Gasteiger partial charge in [-0.25, -0.2) is 0 Å². The summed E-state index contributed by atoms with van der Waals surface area (Å²) in [6.45, 7) is 24.5. The Bertz CT molecular complexity index is 587. The third kappa shape index (κ3) is 10.2. The maximum Gasteiger partial charge on any atom is 0.0122 e. The predicted molar refractivity (Wildman–Crippen MR) is 128 cm³/mol. The second-order valence-corrected chi connectivity index (χ2v) is 11.5. The van der Waals surface area contributed by atoms with Gasteiger partial charge in [-0.2, -0.15) is 0 Å². The first-order valence-corrected chi connectivity index (χ1v) is 11.3. The number of hydrogen-bond donors (Lipinski definition) is 0. The van der Waals surface area contributed by atoms with Crippen molar-refractivity contribution in [2.75, 3.05) is 0 Å². The summed E-state index contributed by atoms with van der Waals surface area (Å²) in [7, 11) is 0. The van der Waals surface area contributed by atoms with E-state index in [2.05, 4.69) is 105 Å². The first-order chi connectivity index (χ1) is 12.3. The molecule has 0 aliphatic heterocycles. The van der Waals surface area contributed by atoms with Crippen molar-refractivity contribution in [2.45, 2.75) is 104 Å². The summed E-state index contributed by atoms with van der Waals surface area (Å²) in [5.74, 6) is 0. The molecule has 0 fully saturated rings. The van der Waals surface area contributed by atoms with Gasteiger partial charge in [0.15, 0.2) is 0 Å². The van der Waals surface area contributed by atoms with Crippen LogP contribution in [0.1, 0.15) is 94.6 Å². The van der Waals surface area contributed by atoms with Gasteiger partial charge in [-0.1, -0.05) is 105 Å². The van der Waals surface area contributed by atoms with Crippen LogP contribution in [0.2, 0.25) is 0 Å². The summed E-state index contributed by atoms with van der Waals surface area (Å²) >= 11 is 1.93. The standard InChI is InChI=1S/C24H38S.C2H6/c1-10-19(13-11-12-18-22(2,3)4)24(8,9)20-14-16-21(17-15-20)25-23(5,6)7;1-2/h10-12,14-17H,13,18H2,1-9H3;1-2H3/b12-11-,19-10+;. The van der Waals surface area contributed by atoms with Gasteiger partial charge in [-0.15, -0.1) is 11.8 Å². The van der Waals surface area contributed by atoms with Crippen LogP contribution in [0.5, 0.6) is 0 Å². The zero-order valence-corrected chi connectivity index (χ0v) is 20.7. The third-order valence-corrected chi connectivity index (χ3v) is 5.51. The summed E-state index contributed by atoms with van der Waals surface area (Å²) in [4.78, 5) is 1.35. The Morgan fingerprint density at radius 2 is 1.37 bits per heavy atom. The van der Waals surface area contributed by atoms with Crippen molar-refractivity contribution in [3.63, 3.8) is 0 Å². The number of rotatable bonds is 6. The Morgan fingerprint density at radius 3 is 1.78 bits per heavy atom. The molecule has 0 aromatic heterocycles. The van der Waals surface area contributed by atoms with Crippen molar-refractivity contribution in [1.82, 2.24) is 0 Å². The largest absolute Gasteiger partial charge is 0.120 e. The van der Waals surface area contributed by atoms with Crippen LogP contribution in [-0.2, 0) is 5.41 Å². The SMILES string of the molecule is C/C=C(\C/C=C\CC(C)(C)C)C(C)(C)c1ccc(SC(C)(C)C)cc1.CC. The second-order valence-electron chi connectivity index (χ2n) is 9.62. The lowest BCUT2D eigenvalue weighted by molar-refractivity contribution is 0.420. The van der Waals surface area contributed by atoms with E-state index >= 15 is 0 Å². The van der Waals surface area contributed by atoms with Crippen LogP contribution < -0.4 is 0 Å². The molecule has 0 bridgehead atoms. The summed E-state index contributed by atoms with van der Waals surface area (Å²) in [6.07, 6.45) is 9.12.